The number of esters is 3. The predicted octanol–water partition coefficient (Wildman–Crippen LogP) is 16.6. The van der Waals surface area contributed by atoms with Crippen LogP contribution < -0.4 is 0 Å². The average molecular weight is 893 g/mol. The molecular weight excluding hydrogens is 805 g/mol. The van der Waals surface area contributed by atoms with Gasteiger partial charge in [-0.3, -0.25) is 14.4 Å². The highest BCUT2D eigenvalue weighted by molar-refractivity contribution is 5.71. The summed E-state index contributed by atoms with van der Waals surface area (Å²) in [5.41, 5.74) is 0. The molecule has 0 amide bonds. The molecule has 65 heavy (non-hydrogen) atoms. The topological polar surface area (TPSA) is 78.9 Å². The van der Waals surface area contributed by atoms with Crippen molar-refractivity contribution in [1.82, 2.24) is 0 Å². The van der Waals surface area contributed by atoms with Crippen LogP contribution in [-0.4, -0.2) is 37.2 Å². The molecule has 0 spiro atoms. The van der Waals surface area contributed by atoms with E-state index in [9.17, 15) is 14.4 Å². The second-order valence-corrected chi connectivity index (χ2v) is 15.6. The lowest BCUT2D eigenvalue weighted by molar-refractivity contribution is -0.166. The number of rotatable bonds is 42. The van der Waals surface area contributed by atoms with E-state index in [0.29, 0.717) is 19.3 Å². The van der Waals surface area contributed by atoms with E-state index in [2.05, 4.69) is 167 Å². The Balaban J connectivity index is 4.65. The van der Waals surface area contributed by atoms with Crippen molar-refractivity contribution in [3.8, 4) is 0 Å². The van der Waals surface area contributed by atoms with Gasteiger partial charge in [0.25, 0.3) is 0 Å². The molecule has 0 aliphatic rings. The van der Waals surface area contributed by atoms with Gasteiger partial charge in [0.1, 0.15) is 13.2 Å². The van der Waals surface area contributed by atoms with Gasteiger partial charge in [-0.1, -0.05) is 192 Å². The summed E-state index contributed by atoms with van der Waals surface area (Å²) in [5.74, 6) is -1.12. The van der Waals surface area contributed by atoms with Crippen LogP contribution in [0.15, 0.2) is 158 Å². The van der Waals surface area contributed by atoms with Crippen LogP contribution in [0, 0.1) is 0 Å². The number of carbonyl (C=O) groups is 3. The fourth-order valence-corrected chi connectivity index (χ4v) is 5.89. The second kappa shape index (κ2) is 51.7. The molecule has 0 rings (SSSR count). The molecule has 0 bridgehead atoms. The zero-order chi connectivity index (χ0) is 47.2. The summed E-state index contributed by atoms with van der Waals surface area (Å²) >= 11 is 0. The monoisotopic (exact) mass is 893 g/mol. The first-order valence-electron chi connectivity index (χ1n) is 25.0. The van der Waals surface area contributed by atoms with E-state index in [0.717, 1.165) is 116 Å². The lowest BCUT2D eigenvalue weighted by Gasteiger charge is -2.18. The normalized spacial score (nSPS) is 13.5. The average Bonchev–Trinajstić information content (AvgIpc) is 3.30. The van der Waals surface area contributed by atoms with E-state index in [4.69, 9.17) is 14.2 Å². The molecule has 0 aliphatic heterocycles. The lowest BCUT2D eigenvalue weighted by Crippen LogP contribution is -2.30. The standard InChI is InChI=1S/C59H88O6/c1-4-7-10-13-16-19-22-25-27-29-31-34-37-40-43-46-49-52-58(61)64-55-56(54-63-57(60)51-48-45-42-39-36-33-24-21-18-15-12-9-6-3)65-59(62)53-50-47-44-41-38-35-32-30-28-26-23-20-17-14-11-8-5-2/h7-12,16-21,25-28,31-36,40,42-43,45,56H,4-6,13-15,22-24,29-30,37-39,41,44,46-55H2,1-3H3/b10-7-,11-8-,12-9-,19-16-,20-17-,21-18-,27-25-,28-26-,34-31-,35-32-,36-33-,43-40-,45-42-. The highest BCUT2D eigenvalue weighted by Gasteiger charge is 2.19. The molecule has 0 N–H and O–H groups in total. The summed E-state index contributed by atoms with van der Waals surface area (Å²) in [4.78, 5) is 37.9. The van der Waals surface area contributed by atoms with Gasteiger partial charge in [0.2, 0.25) is 0 Å². The minimum absolute atomic E-state index is 0.148. The van der Waals surface area contributed by atoms with Crippen molar-refractivity contribution in [3.05, 3.63) is 158 Å². The molecule has 0 saturated carbocycles. The Morgan fingerprint density at radius 2 is 0.600 bits per heavy atom. The molecule has 1 atom stereocenters. The molecule has 0 radical (unpaired) electrons. The molecule has 0 fully saturated rings. The number of ether oxygens (including phenoxy) is 3. The van der Waals surface area contributed by atoms with Crippen LogP contribution in [0.4, 0.5) is 0 Å². The summed E-state index contributed by atoms with van der Waals surface area (Å²) in [7, 11) is 0. The Morgan fingerprint density at radius 3 is 0.985 bits per heavy atom. The molecule has 6 heteroatoms. The van der Waals surface area contributed by atoms with Crippen molar-refractivity contribution < 1.29 is 28.6 Å². The number of allylic oxidation sites excluding steroid dienone is 26. The SMILES string of the molecule is CC/C=C\C/C=C\C/C=C\C/C=C\C/C=C\CCCC(=O)OCC(COC(=O)CC/C=C\C/C=C\C/C=C\C/C=C\CC)OC(=O)CCCCCC/C=C\C/C=C\C/C=C\C/C=C\CC. The molecule has 1 unspecified atom stereocenters. The quantitative estimate of drug-likeness (QED) is 0.0263. The van der Waals surface area contributed by atoms with E-state index in [1.807, 2.05) is 12.2 Å². The van der Waals surface area contributed by atoms with Crippen molar-refractivity contribution in [2.45, 2.75) is 181 Å². The van der Waals surface area contributed by atoms with E-state index in [1.54, 1.807) is 0 Å². The Bertz CT molecular complexity index is 1540. The van der Waals surface area contributed by atoms with Crippen LogP contribution in [0.3, 0.4) is 0 Å². The van der Waals surface area contributed by atoms with Gasteiger partial charge in [-0.25, -0.2) is 0 Å². The maximum Gasteiger partial charge on any atom is 0.306 e. The van der Waals surface area contributed by atoms with Crippen molar-refractivity contribution in [2.24, 2.45) is 0 Å². The zero-order valence-electron chi connectivity index (χ0n) is 40.9. The minimum Gasteiger partial charge on any atom is -0.462 e. The maximum absolute atomic E-state index is 12.8. The van der Waals surface area contributed by atoms with Crippen LogP contribution >= 0.6 is 0 Å². The Labute approximate surface area is 397 Å². The molecule has 0 aromatic carbocycles. The van der Waals surface area contributed by atoms with E-state index in [1.165, 1.54) is 0 Å². The Hall–Kier alpha value is -4.97. The summed E-state index contributed by atoms with van der Waals surface area (Å²) in [6.07, 6.45) is 75.3. The van der Waals surface area contributed by atoms with Gasteiger partial charge in [-0.2, -0.15) is 0 Å². The summed E-state index contributed by atoms with van der Waals surface area (Å²) in [6, 6.07) is 0. The molecule has 0 aromatic heterocycles. The van der Waals surface area contributed by atoms with Gasteiger partial charge in [0, 0.05) is 19.3 Å². The van der Waals surface area contributed by atoms with Crippen molar-refractivity contribution in [3.63, 3.8) is 0 Å². The second-order valence-electron chi connectivity index (χ2n) is 15.6. The number of unbranched alkanes of at least 4 members (excludes halogenated alkanes) is 5. The highest BCUT2D eigenvalue weighted by Crippen LogP contribution is 2.10. The fourth-order valence-electron chi connectivity index (χ4n) is 5.89. The van der Waals surface area contributed by atoms with Crippen LogP contribution in [0.1, 0.15) is 175 Å². The highest BCUT2D eigenvalue weighted by atomic mass is 16.6. The molecule has 0 aliphatic carbocycles. The van der Waals surface area contributed by atoms with E-state index < -0.39 is 6.10 Å². The zero-order valence-corrected chi connectivity index (χ0v) is 40.9. The van der Waals surface area contributed by atoms with Gasteiger partial charge in [-0.05, 0) is 122 Å². The summed E-state index contributed by atoms with van der Waals surface area (Å²) in [5, 5.41) is 0. The summed E-state index contributed by atoms with van der Waals surface area (Å²) < 4.78 is 16.6. The third kappa shape index (κ3) is 49.9. The number of hydrogen-bond acceptors (Lipinski definition) is 6. The maximum atomic E-state index is 12.8. The molecular formula is C59H88O6. The van der Waals surface area contributed by atoms with Crippen LogP contribution in [0.25, 0.3) is 0 Å². The first-order valence-corrected chi connectivity index (χ1v) is 25.0. The van der Waals surface area contributed by atoms with Crippen LogP contribution in [0.2, 0.25) is 0 Å². The molecule has 6 nitrogen and oxygen atoms in total. The van der Waals surface area contributed by atoms with Crippen molar-refractivity contribution in [1.29, 1.82) is 0 Å². The van der Waals surface area contributed by atoms with E-state index in [-0.39, 0.29) is 50.4 Å². The van der Waals surface area contributed by atoms with Gasteiger partial charge < -0.3 is 14.2 Å². The summed E-state index contributed by atoms with van der Waals surface area (Å²) in [6.45, 7) is 6.12. The molecule has 0 heterocycles. The fraction of sp³-hybridized carbons (Fsp3) is 0.508. The Kier molecular flexibility index (Phi) is 47.7. The molecule has 0 saturated heterocycles. The van der Waals surface area contributed by atoms with Crippen molar-refractivity contribution >= 4 is 17.9 Å². The largest absolute Gasteiger partial charge is 0.462 e. The molecule has 0 aromatic rings. The third-order valence-corrected chi connectivity index (χ3v) is 9.52. The lowest BCUT2D eigenvalue weighted by atomic mass is 10.1. The van der Waals surface area contributed by atoms with Crippen LogP contribution in [-0.2, 0) is 28.6 Å². The van der Waals surface area contributed by atoms with Gasteiger partial charge in [0.05, 0.1) is 0 Å². The number of hydrogen-bond donors (Lipinski definition) is 0. The van der Waals surface area contributed by atoms with Crippen LogP contribution in [0.5, 0.6) is 0 Å². The third-order valence-electron chi connectivity index (χ3n) is 9.52. The van der Waals surface area contributed by atoms with Gasteiger partial charge in [-0.15, -0.1) is 0 Å². The first kappa shape index (κ1) is 60.0. The number of carbonyl (C=O) groups excluding carboxylic acids is 3. The van der Waals surface area contributed by atoms with Gasteiger partial charge >= 0.3 is 17.9 Å². The predicted molar refractivity (Wildman–Crippen MR) is 278 cm³/mol. The van der Waals surface area contributed by atoms with E-state index >= 15 is 0 Å². The smallest absolute Gasteiger partial charge is 0.306 e. The Morgan fingerprint density at radius 1 is 0.308 bits per heavy atom. The van der Waals surface area contributed by atoms with Crippen molar-refractivity contribution in [2.75, 3.05) is 13.2 Å². The van der Waals surface area contributed by atoms with Gasteiger partial charge in [0.15, 0.2) is 6.10 Å². The first-order chi connectivity index (χ1) is 32.0. The molecule has 360 valence electrons. The minimum atomic E-state index is -0.850.